The minimum Gasteiger partial charge on any atom is -0.496 e. The van der Waals surface area contributed by atoms with Crippen molar-refractivity contribution >= 4 is 15.9 Å². The van der Waals surface area contributed by atoms with Crippen LogP contribution in [0.15, 0.2) is 22.7 Å². The third-order valence-electron chi connectivity index (χ3n) is 3.49. The summed E-state index contributed by atoms with van der Waals surface area (Å²) < 4.78 is 12.1. The maximum absolute atomic E-state index is 5.55. The van der Waals surface area contributed by atoms with E-state index in [1.807, 2.05) is 12.1 Å². The number of likely N-dealkylation sites (N-methyl/N-ethyl adjacent to an activating group) is 1. The smallest absolute Gasteiger partial charge is 0.122 e. The molecule has 0 saturated carbocycles. The van der Waals surface area contributed by atoms with Crippen molar-refractivity contribution in [1.82, 2.24) is 5.32 Å². The number of nitrogens with one attached hydrogen (secondary N) is 1. The third-order valence-corrected chi connectivity index (χ3v) is 3.99. The van der Waals surface area contributed by atoms with E-state index in [-0.39, 0.29) is 5.60 Å². The molecule has 1 aromatic carbocycles. The predicted molar refractivity (Wildman–Crippen MR) is 87.6 cm³/mol. The van der Waals surface area contributed by atoms with Gasteiger partial charge < -0.3 is 14.8 Å². The van der Waals surface area contributed by atoms with Crippen molar-refractivity contribution < 1.29 is 9.47 Å². The molecule has 20 heavy (non-hydrogen) atoms. The minimum atomic E-state index is -0.133. The first kappa shape index (κ1) is 17.5. The van der Waals surface area contributed by atoms with Crippen LogP contribution in [-0.2, 0) is 11.2 Å². The summed E-state index contributed by atoms with van der Waals surface area (Å²) in [4.78, 5) is 0. The van der Waals surface area contributed by atoms with Crippen LogP contribution in [-0.4, -0.2) is 32.4 Å². The van der Waals surface area contributed by atoms with Gasteiger partial charge in [-0.2, -0.15) is 0 Å². The van der Waals surface area contributed by atoms with E-state index in [1.165, 1.54) is 5.56 Å². The van der Waals surface area contributed by atoms with E-state index in [4.69, 9.17) is 9.47 Å². The van der Waals surface area contributed by atoms with Crippen LogP contribution >= 0.6 is 15.9 Å². The van der Waals surface area contributed by atoms with Gasteiger partial charge in [-0.15, -0.1) is 0 Å². The van der Waals surface area contributed by atoms with Crippen LogP contribution in [0.4, 0.5) is 0 Å². The average molecular weight is 344 g/mol. The Hall–Kier alpha value is -0.580. The minimum absolute atomic E-state index is 0.133. The summed E-state index contributed by atoms with van der Waals surface area (Å²) in [5.74, 6) is 0.936. The maximum atomic E-state index is 5.55. The number of hydrogen-bond donors (Lipinski definition) is 1. The quantitative estimate of drug-likeness (QED) is 0.778. The molecule has 0 aliphatic carbocycles. The van der Waals surface area contributed by atoms with Crippen LogP contribution < -0.4 is 10.1 Å². The monoisotopic (exact) mass is 343 g/mol. The van der Waals surface area contributed by atoms with Crippen LogP contribution in [0.3, 0.4) is 0 Å². The fourth-order valence-electron chi connectivity index (χ4n) is 2.35. The van der Waals surface area contributed by atoms with E-state index in [0.29, 0.717) is 6.04 Å². The fourth-order valence-corrected chi connectivity index (χ4v) is 2.76. The Morgan fingerprint density at radius 3 is 2.55 bits per heavy atom. The van der Waals surface area contributed by atoms with Crippen molar-refractivity contribution in [3.63, 3.8) is 0 Å². The van der Waals surface area contributed by atoms with Gasteiger partial charge in [0.05, 0.1) is 12.7 Å². The molecule has 0 aliphatic rings. The summed E-state index contributed by atoms with van der Waals surface area (Å²) in [6.07, 6.45) is 1.87. The Morgan fingerprint density at radius 1 is 1.30 bits per heavy atom. The van der Waals surface area contributed by atoms with Gasteiger partial charge in [0.2, 0.25) is 0 Å². The molecule has 114 valence electrons. The lowest BCUT2D eigenvalue weighted by molar-refractivity contribution is 0.00722. The van der Waals surface area contributed by atoms with Gasteiger partial charge >= 0.3 is 0 Å². The van der Waals surface area contributed by atoms with E-state index < -0.39 is 0 Å². The SMILES string of the molecule is CCNC(Cc1cc(Br)ccc1OC)CC(C)(C)OC. The molecule has 0 amide bonds. The molecule has 1 atom stereocenters. The molecule has 0 heterocycles. The second-order valence-electron chi connectivity index (χ2n) is 5.58. The predicted octanol–water partition coefficient (Wildman–Crippen LogP) is 3.79. The molecule has 0 aliphatic heterocycles. The van der Waals surface area contributed by atoms with Crippen molar-refractivity contribution in [1.29, 1.82) is 0 Å². The standard InChI is InChI=1S/C16H26BrNO2/c1-6-18-14(11-16(2,3)20-5)10-12-9-13(17)7-8-15(12)19-4/h7-9,14,18H,6,10-11H2,1-5H3. The second kappa shape index (κ2) is 8.01. The van der Waals surface area contributed by atoms with E-state index >= 15 is 0 Å². The Kier molecular flexibility index (Phi) is 7.00. The van der Waals surface area contributed by atoms with Gasteiger partial charge in [-0.25, -0.2) is 0 Å². The van der Waals surface area contributed by atoms with E-state index in [9.17, 15) is 0 Å². The first-order valence-electron chi connectivity index (χ1n) is 7.02. The van der Waals surface area contributed by atoms with Gasteiger partial charge in [0.1, 0.15) is 5.75 Å². The Balaban J connectivity index is 2.87. The zero-order valence-electron chi connectivity index (χ0n) is 13.1. The largest absolute Gasteiger partial charge is 0.496 e. The Bertz CT molecular complexity index is 421. The number of halogens is 1. The second-order valence-corrected chi connectivity index (χ2v) is 6.50. The molecule has 0 radical (unpaired) electrons. The summed E-state index contributed by atoms with van der Waals surface area (Å²) in [6, 6.07) is 6.49. The lowest BCUT2D eigenvalue weighted by Gasteiger charge is -2.29. The summed E-state index contributed by atoms with van der Waals surface area (Å²) in [6.45, 7) is 7.32. The molecule has 0 spiro atoms. The zero-order valence-corrected chi connectivity index (χ0v) is 14.7. The molecule has 1 N–H and O–H groups in total. The molecule has 0 fully saturated rings. The first-order valence-corrected chi connectivity index (χ1v) is 7.82. The van der Waals surface area contributed by atoms with Crippen molar-refractivity contribution in [2.24, 2.45) is 0 Å². The van der Waals surface area contributed by atoms with Crippen molar-refractivity contribution in [3.05, 3.63) is 28.2 Å². The molecule has 0 saturated heterocycles. The Labute approximate surface area is 131 Å². The topological polar surface area (TPSA) is 30.5 Å². The summed E-state index contributed by atoms with van der Waals surface area (Å²) in [5.41, 5.74) is 1.08. The van der Waals surface area contributed by atoms with E-state index in [2.05, 4.69) is 48.1 Å². The van der Waals surface area contributed by atoms with Gasteiger partial charge in [0, 0.05) is 17.6 Å². The van der Waals surface area contributed by atoms with Gasteiger partial charge in [-0.1, -0.05) is 22.9 Å². The maximum Gasteiger partial charge on any atom is 0.122 e. The van der Waals surface area contributed by atoms with Gasteiger partial charge in [-0.3, -0.25) is 0 Å². The molecular formula is C16H26BrNO2. The number of hydrogen-bond acceptors (Lipinski definition) is 3. The summed E-state index contributed by atoms with van der Waals surface area (Å²) in [5, 5.41) is 3.54. The number of methoxy groups -OCH3 is 2. The molecule has 0 aromatic heterocycles. The summed E-state index contributed by atoms with van der Waals surface area (Å²) >= 11 is 3.53. The highest BCUT2D eigenvalue weighted by molar-refractivity contribution is 9.10. The molecule has 1 rings (SSSR count). The van der Waals surface area contributed by atoms with Crippen molar-refractivity contribution in [2.45, 2.75) is 45.3 Å². The summed E-state index contributed by atoms with van der Waals surface area (Å²) in [7, 11) is 3.48. The van der Waals surface area contributed by atoms with Crippen molar-refractivity contribution in [3.8, 4) is 5.75 Å². The lowest BCUT2D eigenvalue weighted by atomic mass is 9.93. The lowest BCUT2D eigenvalue weighted by Crippen LogP contribution is -2.39. The highest BCUT2D eigenvalue weighted by atomic mass is 79.9. The number of benzene rings is 1. The van der Waals surface area contributed by atoms with E-state index in [1.54, 1.807) is 14.2 Å². The van der Waals surface area contributed by atoms with Crippen LogP contribution in [0.5, 0.6) is 5.75 Å². The average Bonchev–Trinajstić information content (AvgIpc) is 2.39. The molecule has 4 heteroatoms. The van der Waals surface area contributed by atoms with Gasteiger partial charge in [-0.05, 0) is 57.0 Å². The first-order chi connectivity index (χ1) is 9.41. The highest BCUT2D eigenvalue weighted by Crippen LogP contribution is 2.26. The number of rotatable bonds is 8. The number of ether oxygens (including phenoxy) is 2. The molecule has 0 bridgehead atoms. The van der Waals surface area contributed by atoms with Gasteiger partial charge in [0.25, 0.3) is 0 Å². The zero-order chi connectivity index (χ0) is 15.2. The van der Waals surface area contributed by atoms with Crippen LogP contribution in [0, 0.1) is 0 Å². The fraction of sp³-hybridized carbons (Fsp3) is 0.625. The van der Waals surface area contributed by atoms with Crippen LogP contribution in [0.1, 0.15) is 32.8 Å². The molecule has 1 aromatic rings. The Morgan fingerprint density at radius 2 is 2.00 bits per heavy atom. The molecule has 1 unspecified atom stereocenters. The molecular weight excluding hydrogens is 318 g/mol. The highest BCUT2D eigenvalue weighted by Gasteiger charge is 2.23. The van der Waals surface area contributed by atoms with Gasteiger partial charge in [0.15, 0.2) is 0 Å². The van der Waals surface area contributed by atoms with Crippen LogP contribution in [0.2, 0.25) is 0 Å². The van der Waals surface area contributed by atoms with Crippen molar-refractivity contribution in [2.75, 3.05) is 20.8 Å². The van der Waals surface area contributed by atoms with Crippen LogP contribution in [0.25, 0.3) is 0 Å². The van der Waals surface area contributed by atoms with E-state index in [0.717, 1.165) is 29.6 Å². The normalized spacial score (nSPS) is 13.3. The molecule has 3 nitrogen and oxygen atoms in total. The third kappa shape index (κ3) is 5.43.